The average molecular weight is 363 g/mol. The van der Waals surface area contributed by atoms with E-state index in [0.717, 1.165) is 11.1 Å². The molecule has 0 aliphatic heterocycles. The van der Waals surface area contributed by atoms with Crippen molar-refractivity contribution in [3.8, 4) is 16.8 Å². The molecule has 8 nitrogen and oxygen atoms in total. The monoisotopic (exact) mass is 363 g/mol. The van der Waals surface area contributed by atoms with Crippen LogP contribution in [0.2, 0.25) is 0 Å². The number of anilines is 1. The van der Waals surface area contributed by atoms with Crippen LogP contribution in [0.25, 0.3) is 16.8 Å². The van der Waals surface area contributed by atoms with Gasteiger partial charge < -0.3 is 9.73 Å². The molecule has 25 heavy (non-hydrogen) atoms. The van der Waals surface area contributed by atoms with Crippen molar-refractivity contribution in [2.24, 2.45) is 7.05 Å². The third-order valence-electron chi connectivity index (χ3n) is 3.95. The van der Waals surface area contributed by atoms with Gasteiger partial charge >= 0.3 is 0 Å². The fraction of sp³-hybridized carbons (Fsp3) is 0.188. The zero-order valence-corrected chi connectivity index (χ0v) is 14.4. The van der Waals surface area contributed by atoms with Gasteiger partial charge in [-0.05, 0) is 19.1 Å². The van der Waals surface area contributed by atoms with E-state index in [4.69, 9.17) is 8.97 Å². The zero-order valence-electron chi connectivity index (χ0n) is 13.6. The molecule has 0 bridgehead atoms. The summed E-state index contributed by atoms with van der Waals surface area (Å²) >= 11 is 0. The SMILES string of the molecule is Cc1c(NCS(=O)(=O)O)c(=O)n(-c2ccccc2-c2ccoc2)n1C. The van der Waals surface area contributed by atoms with Gasteiger partial charge in [-0.25, -0.2) is 4.68 Å². The van der Waals surface area contributed by atoms with E-state index in [1.54, 1.807) is 49.4 Å². The van der Waals surface area contributed by atoms with Crippen molar-refractivity contribution in [3.05, 3.63) is 58.9 Å². The molecule has 9 heteroatoms. The number of hydrogen-bond donors (Lipinski definition) is 2. The summed E-state index contributed by atoms with van der Waals surface area (Å²) in [5.41, 5.74) is 2.46. The molecular weight excluding hydrogens is 346 g/mol. The summed E-state index contributed by atoms with van der Waals surface area (Å²) in [5, 5.41) is 2.50. The van der Waals surface area contributed by atoms with E-state index in [9.17, 15) is 13.2 Å². The van der Waals surface area contributed by atoms with E-state index in [1.165, 1.54) is 4.68 Å². The van der Waals surface area contributed by atoms with Crippen molar-refractivity contribution in [3.63, 3.8) is 0 Å². The smallest absolute Gasteiger partial charge is 0.295 e. The highest BCUT2D eigenvalue weighted by molar-refractivity contribution is 7.85. The number of aromatic nitrogens is 2. The number of nitrogens with zero attached hydrogens (tertiary/aromatic N) is 2. The molecular formula is C16H17N3O5S. The minimum Gasteiger partial charge on any atom is -0.472 e. The van der Waals surface area contributed by atoms with E-state index < -0.39 is 21.6 Å². The van der Waals surface area contributed by atoms with E-state index in [2.05, 4.69) is 5.32 Å². The van der Waals surface area contributed by atoms with Gasteiger partial charge in [-0.2, -0.15) is 8.42 Å². The fourth-order valence-corrected chi connectivity index (χ4v) is 2.99. The lowest BCUT2D eigenvalue weighted by atomic mass is 10.1. The van der Waals surface area contributed by atoms with Crippen LogP contribution < -0.4 is 10.9 Å². The van der Waals surface area contributed by atoms with Crippen LogP contribution in [-0.2, 0) is 17.2 Å². The Morgan fingerprint density at radius 3 is 2.60 bits per heavy atom. The first-order valence-corrected chi connectivity index (χ1v) is 9.00. The highest BCUT2D eigenvalue weighted by Gasteiger charge is 2.19. The Hall–Kier alpha value is -2.78. The highest BCUT2D eigenvalue weighted by atomic mass is 32.2. The van der Waals surface area contributed by atoms with Crippen LogP contribution in [0.15, 0.2) is 52.1 Å². The van der Waals surface area contributed by atoms with Gasteiger partial charge in [0.2, 0.25) is 0 Å². The van der Waals surface area contributed by atoms with Crippen molar-refractivity contribution in [1.82, 2.24) is 9.36 Å². The summed E-state index contributed by atoms with van der Waals surface area (Å²) in [5.74, 6) is -0.740. The maximum absolute atomic E-state index is 12.8. The summed E-state index contributed by atoms with van der Waals surface area (Å²) in [6, 6.07) is 9.09. The lowest BCUT2D eigenvalue weighted by Gasteiger charge is -2.12. The number of rotatable bonds is 5. The number of hydrogen-bond acceptors (Lipinski definition) is 5. The summed E-state index contributed by atoms with van der Waals surface area (Å²) in [6.07, 6.45) is 3.13. The van der Waals surface area contributed by atoms with E-state index >= 15 is 0 Å². The molecule has 3 aromatic rings. The first-order chi connectivity index (χ1) is 11.8. The Morgan fingerprint density at radius 1 is 1.24 bits per heavy atom. The first kappa shape index (κ1) is 17.1. The van der Waals surface area contributed by atoms with Crippen molar-refractivity contribution < 1.29 is 17.4 Å². The van der Waals surface area contributed by atoms with Crippen LogP contribution in [0.1, 0.15) is 5.69 Å². The van der Waals surface area contributed by atoms with Gasteiger partial charge in [0, 0.05) is 18.2 Å². The van der Waals surface area contributed by atoms with Crippen LogP contribution in [0.5, 0.6) is 0 Å². The lowest BCUT2D eigenvalue weighted by molar-refractivity contribution is 0.485. The molecule has 132 valence electrons. The highest BCUT2D eigenvalue weighted by Crippen LogP contribution is 2.27. The third-order valence-corrected chi connectivity index (χ3v) is 4.46. The predicted molar refractivity (Wildman–Crippen MR) is 93.5 cm³/mol. The molecule has 0 aliphatic carbocycles. The molecule has 0 spiro atoms. The van der Waals surface area contributed by atoms with E-state index in [-0.39, 0.29) is 5.69 Å². The second-order valence-corrected chi connectivity index (χ2v) is 6.99. The molecule has 1 aromatic carbocycles. The van der Waals surface area contributed by atoms with Crippen LogP contribution >= 0.6 is 0 Å². The molecule has 0 aliphatic rings. The first-order valence-electron chi connectivity index (χ1n) is 7.39. The van der Waals surface area contributed by atoms with Gasteiger partial charge in [0.15, 0.2) is 0 Å². The molecule has 0 unspecified atom stereocenters. The normalized spacial score (nSPS) is 11.6. The number of para-hydroxylation sites is 1. The van der Waals surface area contributed by atoms with Gasteiger partial charge in [0.1, 0.15) is 11.6 Å². The maximum Gasteiger partial charge on any atom is 0.295 e. The maximum atomic E-state index is 12.8. The third kappa shape index (κ3) is 3.24. The summed E-state index contributed by atoms with van der Waals surface area (Å²) in [6.45, 7) is 1.69. The quantitative estimate of drug-likeness (QED) is 0.672. The van der Waals surface area contributed by atoms with Gasteiger partial charge in [-0.1, -0.05) is 18.2 Å². The van der Waals surface area contributed by atoms with Crippen molar-refractivity contribution in [1.29, 1.82) is 0 Å². The Labute approximate surface area is 144 Å². The molecule has 0 radical (unpaired) electrons. The van der Waals surface area contributed by atoms with Gasteiger partial charge in [-0.3, -0.25) is 14.0 Å². The van der Waals surface area contributed by atoms with Crippen molar-refractivity contribution in [2.75, 3.05) is 11.2 Å². The van der Waals surface area contributed by atoms with E-state index in [1.807, 2.05) is 12.1 Å². The van der Waals surface area contributed by atoms with Gasteiger partial charge in [0.25, 0.3) is 15.7 Å². The molecule has 0 saturated heterocycles. The summed E-state index contributed by atoms with van der Waals surface area (Å²) in [4.78, 5) is 12.8. The molecule has 2 aromatic heterocycles. The molecule has 0 fully saturated rings. The number of furan rings is 1. The minimum absolute atomic E-state index is 0.113. The van der Waals surface area contributed by atoms with E-state index in [0.29, 0.717) is 11.4 Å². The molecule has 0 saturated carbocycles. The van der Waals surface area contributed by atoms with Crippen LogP contribution in [0, 0.1) is 6.92 Å². The average Bonchev–Trinajstić information content (AvgIpc) is 3.14. The van der Waals surface area contributed by atoms with Crippen LogP contribution in [-0.4, -0.2) is 28.2 Å². The summed E-state index contributed by atoms with van der Waals surface area (Å²) < 4.78 is 39.0. The number of nitrogens with one attached hydrogen (secondary N) is 1. The van der Waals surface area contributed by atoms with Crippen molar-refractivity contribution in [2.45, 2.75) is 6.92 Å². The molecule has 2 heterocycles. The number of benzene rings is 1. The second kappa shape index (κ2) is 6.26. The lowest BCUT2D eigenvalue weighted by Crippen LogP contribution is -2.23. The van der Waals surface area contributed by atoms with Crippen LogP contribution in [0.3, 0.4) is 0 Å². The Balaban J connectivity index is 2.16. The standard InChI is InChI=1S/C16H17N3O5S/c1-11-15(17-10-25(21,22)23)16(20)19(18(11)2)14-6-4-3-5-13(14)12-7-8-24-9-12/h3-9,17H,10H2,1-2H3,(H,21,22,23). The summed E-state index contributed by atoms with van der Waals surface area (Å²) in [7, 11) is -2.55. The zero-order chi connectivity index (χ0) is 18.2. The molecule has 0 atom stereocenters. The topological polar surface area (TPSA) is 106 Å². The molecule has 2 N–H and O–H groups in total. The minimum atomic E-state index is -4.25. The molecule has 0 amide bonds. The Morgan fingerprint density at radius 2 is 1.96 bits per heavy atom. The molecule has 3 rings (SSSR count). The fourth-order valence-electron chi connectivity index (χ4n) is 2.67. The largest absolute Gasteiger partial charge is 0.472 e. The van der Waals surface area contributed by atoms with Crippen molar-refractivity contribution >= 4 is 15.8 Å². The second-order valence-electron chi connectivity index (χ2n) is 5.53. The van der Waals surface area contributed by atoms with Crippen LogP contribution in [0.4, 0.5) is 5.69 Å². The predicted octanol–water partition coefficient (Wildman–Crippen LogP) is 2.00. The Kier molecular flexibility index (Phi) is 4.27. The van der Waals surface area contributed by atoms with Gasteiger partial charge in [-0.15, -0.1) is 0 Å². The Bertz CT molecular complexity index is 1060. The van der Waals surface area contributed by atoms with Gasteiger partial charge in [0.05, 0.1) is 23.9 Å².